The second-order valence-corrected chi connectivity index (χ2v) is 2.35. The molecule has 0 heterocycles. The Labute approximate surface area is 44.3 Å². The fourth-order valence-electron chi connectivity index (χ4n) is 0.395. The van der Waals surface area contributed by atoms with Gasteiger partial charge in [-0.05, 0) is 11.4 Å². The molecule has 0 nitrogen and oxygen atoms in total. The van der Waals surface area contributed by atoms with Gasteiger partial charge in [-0.2, -0.15) is 0 Å². The van der Waals surface area contributed by atoms with Gasteiger partial charge in [0, 0.05) is 0 Å². The monoisotopic (exact) mass is 116 g/mol. The summed E-state index contributed by atoms with van der Waals surface area (Å²) < 4.78 is 11.8. The summed E-state index contributed by atoms with van der Waals surface area (Å²) in [6, 6.07) is 0. The van der Waals surface area contributed by atoms with Crippen molar-refractivity contribution < 1.29 is 4.39 Å². The third kappa shape index (κ3) is 0.889. The molecule has 0 N–H and O–H groups in total. The highest BCUT2D eigenvalue weighted by Gasteiger charge is 2.24. The van der Waals surface area contributed by atoms with E-state index in [1.54, 1.807) is 0 Å². The zero-order chi connectivity index (χ0) is 5.44. The van der Waals surface area contributed by atoms with Crippen LogP contribution < -0.4 is 0 Å². The first-order valence-corrected chi connectivity index (χ1v) is 2.61. The third-order valence-electron chi connectivity index (χ3n) is 0.913. The van der Waals surface area contributed by atoms with Gasteiger partial charge in [0.2, 0.25) is 0 Å². The van der Waals surface area contributed by atoms with Crippen LogP contribution in [0, 0.1) is 5.92 Å². The Morgan fingerprint density at radius 1 is 2.00 bits per heavy atom. The van der Waals surface area contributed by atoms with Crippen molar-refractivity contribution in [3.63, 3.8) is 0 Å². The number of rotatable bonds is 1. The van der Waals surface area contributed by atoms with Gasteiger partial charge in [0.15, 0.2) is 0 Å². The number of allylic oxidation sites excluding steroid dienone is 3. The largest absolute Gasteiger partial charge is 0.211 e. The Kier molecular flexibility index (Phi) is 1.01. The molecule has 0 aliphatic heterocycles. The fraction of sp³-hybridized carbons (Fsp3) is 0.200. The second kappa shape index (κ2) is 1.41. The predicted octanol–water partition coefficient (Wildman–Crippen LogP) is 1.86. The summed E-state index contributed by atoms with van der Waals surface area (Å²) in [6.45, 7) is 3.54. The molecule has 1 rings (SSSR count). The molecule has 38 valence electrons. The van der Waals surface area contributed by atoms with Crippen LogP contribution in [0.1, 0.15) is 0 Å². The first-order chi connectivity index (χ1) is 3.22. The van der Waals surface area contributed by atoms with Crippen LogP contribution in [-0.2, 0) is 0 Å². The van der Waals surface area contributed by atoms with Gasteiger partial charge in [-0.3, -0.25) is 0 Å². The van der Waals surface area contributed by atoms with Crippen molar-refractivity contribution in [3.05, 3.63) is 23.8 Å². The molecule has 0 saturated heterocycles. The molecule has 0 bridgehead atoms. The molecule has 0 spiro atoms. The highest BCUT2D eigenvalue weighted by Crippen LogP contribution is 2.38. The maximum Gasteiger partial charge on any atom is 0.108 e. The van der Waals surface area contributed by atoms with E-state index in [0.717, 1.165) is 5.31 Å². The molecule has 0 fully saturated rings. The van der Waals surface area contributed by atoms with Gasteiger partial charge in [0.1, 0.15) is 5.83 Å². The molecule has 0 aromatic heterocycles. The SMILES string of the molecule is C=C(P)C1C=C1F. The van der Waals surface area contributed by atoms with Crippen molar-refractivity contribution in [2.75, 3.05) is 0 Å². The van der Waals surface area contributed by atoms with Crippen molar-refractivity contribution in [1.82, 2.24) is 0 Å². The first kappa shape index (κ1) is 4.99. The second-order valence-electron chi connectivity index (χ2n) is 1.60. The van der Waals surface area contributed by atoms with Gasteiger partial charge < -0.3 is 0 Å². The van der Waals surface area contributed by atoms with E-state index in [1.165, 1.54) is 6.08 Å². The Morgan fingerprint density at radius 3 is 2.43 bits per heavy atom. The minimum Gasteiger partial charge on any atom is -0.211 e. The quantitative estimate of drug-likeness (QED) is 0.458. The van der Waals surface area contributed by atoms with E-state index >= 15 is 0 Å². The van der Waals surface area contributed by atoms with Crippen LogP contribution in [0.5, 0.6) is 0 Å². The average molecular weight is 116 g/mol. The zero-order valence-corrected chi connectivity index (χ0v) is 4.97. The van der Waals surface area contributed by atoms with Crippen LogP contribution in [0.4, 0.5) is 4.39 Å². The smallest absolute Gasteiger partial charge is 0.108 e. The molecule has 1 aliphatic rings. The van der Waals surface area contributed by atoms with Crippen LogP contribution in [-0.4, -0.2) is 0 Å². The van der Waals surface area contributed by atoms with Crippen LogP contribution in [0.25, 0.3) is 0 Å². The molecule has 0 aromatic rings. The number of halogens is 1. The summed E-state index contributed by atoms with van der Waals surface area (Å²) in [7, 11) is 2.37. The minimum absolute atomic E-state index is 0.0370. The van der Waals surface area contributed by atoms with Gasteiger partial charge in [0.25, 0.3) is 0 Å². The Bertz CT molecular complexity index is 137. The van der Waals surface area contributed by atoms with Crippen LogP contribution >= 0.6 is 9.24 Å². The van der Waals surface area contributed by atoms with Gasteiger partial charge in [-0.25, -0.2) is 4.39 Å². The Balaban J connectivity index is 2.39. The fourth-order valence-corrected chi connectivity index (χ4v) is 0.651. The van der Waals surface area contributed by atoms with Crippen LogP contribution in [0.15, 0.2) is 23.8 Å². The summed E-state index contributed by atoms with van der Waals surface area (Å²) >= 11 is 0. The molecule has 2 heteroatoms. The van der Waals surface area contributed by atoms with Gasteiger partial charge in [-0.15, -0.1) is 9.24 Å². The number of hydrogen-bond acceptors (Lipinski definition) is 0. The third-order valence-corrected chi connectivity index (χ3v) is 1.27. The molecule has 2 atom stereocenters. The predicted molar refractivity (Wildman–Crippen MR) is 31.5 cm³/mol. The zero-order valence-electron chi connectivity index (χ0n) is 3.82. The van der Waals surface area contributed by atoms with E-state index in [1.807, 2.05) is 0 Å². The van der Waals surface area contributed by atoms with Crippen molar-refractivity contribution in [2.45, 2.75) is 0 Å². The molecule has 2 unspecified atom stereocenters. The summed E-state index contributed by atoms with van der Waals surface area (Å²) in [5, 5.41) is 0.817. The van der Waals surface area contributed by atoms with Crippen molar-refractivity contribution in [2.24, 2.45) is 5.92 Å². The molecular weight excluding hydrogens is 110 g/mol. The molecule has 7 heavy (non-hydrogen) atoms. The summed E-state index contributed by atoms with van der Waals surface area (Å²) in [6.07, 6.45) is 1.54. The summed E-state index contributed by atoms with van der Waals surface area (Å²) in [4.78, 5) is 0. The lowest BCUT2D eigenvalue weighted by Gasteiger charge is -1.87. The van der Waals surface area contributed by atoms with Crippen molar-refractivity contribution >= 4 is 9.24 Å². The van der Waals surface area contributed by atoms with E-state index in [0.29, 0.717) is 0 Å². The lowest BCUT2D eigenvalue weighted by atomic mass is 10.4. The number of hydrogen-bond donors (Lipinski definition) is 0. The van der Waals surface area contributed by atoms with E-state index < -0.39 is 0 Å². The normalized spacial score (nSPS) is 26.6. The van der Waals surface area contributed by atoms with Crippen LogP contribution in [0.3, 0.4) is 0 Å². The Morgan fingerprint density at radius 2 is 2.43 bits per heavy atom. The van der Waals surface area contributed by atoms with E-state index in [-0.39, 0.29) is 11.7 Å². The molecule has 0 radical (unpaired) electrons. The highest BCUT2D eigenvalue weighted by molar-refractivity contribution is 7.22. The maximum absolute atomic E-state index is 11.8. The van der Waals surface area contributed by atoms with E-state index in [2.05, 4.69) is 15.8 Å². The van der Waals surface area contributed by atoms with E-state index in [9.17, 15) is 4.39 Å². The summed E-state index contributed by atoms with van der Waals surface area (Å²) in [5.74, 6) is -0.0787. The Hall–Kier alpha value is -0.160. The lowest BCUT2D eigenvalue weighted by molar-refractivity contribution is 0.644. The standard InChI is InChI=1S/C5H6FP/c1-3(7)4-2-5(4)6/h2,4H,1,7H2. The van der Waals surface area contributed by atoms with Gasteiger partial charge in [0.05, 0.1) is 5.92 Å². The van der Waals surface area contributed by atoms with Crippen LogP contribution in [0.2, 0.25) is 0 Å². The minimum atomic E-state index is -0.0417. The van der Waals surface area contributed by atoms with Gasteiger partial charge >= 0.3 is 0 Å². The molecule has 0 saturated carbocycles. The molecular formula is C5H6FP. The van der Waals surface area contributed by atoms with E-state index in [4.69, 9.17) is 0 Å². The lowest BCUT2D eigenvalue weighted by Crippen LogP contribution is -1.71. The molecule has 0 aromatic carbocycles. The highest BCUT2D eigenvalue weighted by atomic mass is 31.0. The average Bonchev–Trinajstić information content (AvgIpc) is 2.17. The molecule has 1 aliphatic carbocycles. The van der Waals surface area contributed by atoms with Crippen molar-refractivity contribution in [1.29, 1.82) is 0 Å². The van der Waals surface area contributed by atoms with Crippen molar-refractivity contribution in [3.8, 4) is 0 Å². The first-order valence-electron chi connectivity index (χ1n) is 2.03. The topological polar surface area (TPSA) is 0 Å². The van der Waals surface area contributed by atoms with Gasteiger partial charge in [-0.1, -0.05) is 6.58 Å². The summed E-state index contributed by atoms with van der Waals surface area (Å²) in [5.41, 5.74) is 0. The maximum atomic E-state index is 11.8. The molecule has 0 amide bonds.